The summed E-state index contributed by atoms with van der Waals surface area (Å²) < 4.78 is 5.98. The summed E-state index contributed by atoms with van der Waals surface area (Å²) in [5.41, 5.74) is 4.02. The fraction of sp³-hybridized carbons (Fsp3) is 0.171. The van der Waals surface area contributed by atoms with Crippen LogP contribution in [0.4, 0.5) is 5.69 Å². The summed E-state index contributed by atoms with van der Waals surface area (Å²) in [6.07, 6.45) is -0.243. The lowest BCUT2D eigenvalue weighted by Crippen LogP contribution is -2.53. The number of amides is 3. The van der Waals surface area contributed by atoms with E-state index < -0.39 is 0 Å². The molecular weight excluding hydrogens is 526 g/mol. The molecule has 4 aromatic carbocycles. The van der Waals surface area contributed by atoms with E-state index in [1.807, 2.05) is 65.6 Å². The molecule has 42 heavy (non-hydrogen) atoms. The van der Waals surface area contributed by atoms with Crippen LogP contribution in [0.1, 0.15) is 42.2 Å². The highest BCUT2D eigenvalue weighted by molar-refractivity contribution is 6.04. The van der Waals surface area contributed by atoms with Crippen molar-refractivity contribution < 1.29 is 19.1 Å². The van der Waals surface area contributed by atoms with E-state index in [9.17, 15) is 14.4 Å². The van der Waals surface area contributed by atoms with Crippen LogP contribution in [0.3, 0.4) is 0 Å². The number of anilines is 1. The normalized spacial score (nSPS) is 17.5. The zero-order valence-corrected chi connectivity index (χ0v) is 22.9. The van der Waals surface area contributed by atoms with E-state index >= 15 is 0 Å². The summed E-state index contributed by atoms with van der Waals surface area (Å²) in [6.45, 7) is 1.69. The van der Waals surface area contributed by atoms with Crippen LogP contribution in [0.15, 0.2) is 109 Å². The number of morpholine rings is 1. The van der Waals surface area contributed by atoms with Gasteiger partial charge in [0.05, 0.1) is 18.8 Å². The van der Waals surface area contributed by atoms with Gasteiger partial charge in [0.1, 0.15) is 0 Å². The molecule has 1 N–H and O–H groups in total. The van der Waals surface area contributed by atoms with Gasteiger partial charge < -0.3 is 19.9 Å². The second kappa shape index (κ2) is 12.1. The lowest BCUT2D eigenvalue weighted by molar-refractivity contribution is -0.0369. The number of hydrogen-bond acceptors (Lipinski definition) is 4. The summed E-state index contributed by atoms with van der Waals surface area (Å²) in [5, 5.41) is 2.85. The first-order valence-electron chi connectivity index (χ1n) is 13.9. The smallest absolute Gasteiger partial charge is 0.255 e. The number of likely N-dealkylation sites (tertiary alicyclic amines) is 1. The molecule has 2 aliphatic heterocycles. The molecule has 0 aromatic heterocycles. The van der Waals surface area contributed by atoms with Crippen molar-refractivity contribution in [3.63, 3.8) is 0 Å². The fourth-order valence-corrected chi connectivity index (χ4v) is 5.31. The second-order valence-corrected chi connectivity index (χ2v) is 10.3. The SMILES string of the molecule is O=C(Nc1ccc(C(=O)N2C[C@H]3OCCN(C(=O)c4ccc(C#Cc5ccccc5)cc4)[C@H]3C2)cc1)c1ccccc1. The van der Waals surface area contributed by atoms with Gasteiger partial charge in [-0.15, -0.1) is 0 Å². The Morgan fingerprint density at radius 3 is 1.95 bits per heavy atom. The minimum absolute atomic E-state index is 0.0799. The van der Waals surface area contributed by atoms with E-state index in [4.69, 9.17) is 4.74 Å². The van der Waals surface area contributed by atoms with Gasteiger partial charge in [-0.1, -0.05) is 48.2 Å². The van der Waals surface area contributed by atoms with Crippen molar-refractivity contribution in [1.82, 2.24) is 9.80 Å². The summed E-state index contributed by atoms with van der Waals surface area (Å²) in [7, 11) is 0. The molecule has 208 valence electrons. The molecule has 4 aromatic rings. The summed E-state index contributed by atoms with van der Waals surface area (Å²) in [4.78, 5) is 42.9. The maximum Gasteiger partial charge on any atom is 0.255 e. The van der Waals surface area contributed by atoms with Gasteiger partial charge in [-0.05, 0) is 72.8 Å². The number of carbonyl (C=O) groups excluding carboxylic acids is 3. The molecule has 0 aliphatic carbocycles. The molecule has 3 amide bonds. The van der Waals surface area contributed by atoms with Crippen molar-refractivity contribution in [2.45, 2.75) is 12.1 Å². The molecule has 6 rings (SSSR count). The lowest BCUT2D eigenvalue weighted by atomic mass is 10.1. The third kappa shape index (κ3) is 5.95. The Hall–Kier alpha value is -5.19. The molecular formula is C35H29N3O4. The Labute approximate surface area is 244 Å². The fourth-order valence-electron chi connectivity index (χ4n) is 5.31. The number of rotatable bonds is 4. The van der Waals surface area contributed by atoms with Crippen LogP contribution in [0.25, 0.3) is 0 Å². The highest BCUT2D eigenvalue weighted by Crippen LogP contribution is 2.26. The standard InChI is InChI=1S/C35H29N3O4/c39-33(27-9-5-2-6-10-27)36-30-19-17-28(18-20-30)34(40)37-23-31-32(24-37)42-22-21-38(31)35(41)29-15-13-26(14-16-29)12-11-25-7-3-1-4-8-25/h1-10,13-20,31-32H,21-24H2,(H,36,39)/t31-,32+/m0/s1. The zero-order valence-electron chi connectivity index (χ0n) is 22.9. The Balaban J connectivity index is 1.09. The van der Waals surface area contributed by atoms with E-state index in [-0.39, 0.29) is 29.9 Å². The molecule has 2 atom stereocenters. The minimum atomic E-state index is -0.243. The topological polar surface area (TPSA) is 79.0 Å². The largest absolute Gasteiger partial charge is 0.372 e. The van der Waals surface area contributed by atoms with Crippen molar-refractivity contribution in [2.24, 2.45) is 0 Å². The van der Waals surface area contributed by atoms with E-state index in [1.54, 1.807) is 53.4 Å². The van der Waals surface area contributed by atoms with Gasteiger partial charge >= 0.3 is 0 Å². The maximum absolute atomic E-state index is 13.5. The van der Waals surface area contributed by atoms with E-state index in [0.29, 0.717) is 48.6 Å². The van der Waals surface area contributed by atoms with Crippen LogP contribution >= 0.6 is 0 Å². The number of ether oxygens (including phenoxy) is 1. The van der Waals surface area contributed by atoms with Crippen LogP contribution in [0.5, 0.6) is 0 Å². The maximum atomic E-state index is 13.5. The van der Waals surface area contributed by atoms with Crippen LogP contribution in [0, 0.1) is 11.8 Å². The van der Waals surface area contributed by atoms with Gasteiger partial charge in [-0.2, -0.15) is 0 Å². The molecule has 0 unspecified atom stereocenters. The minimum Gasteiger partial charge on any atom is -0.372 e. The number of nitrogens with one attached hydrogen (secondary N) is 1. The second-order valence-electron chi connectivity index (χ2n) is 10.3. The Bertz CT molecular complexity index is 1640. The molecule has 7 nitrogen and oxygen atoms in total. The van der Waals surface area contributed by atoms with Gasteiger partial charge in [0, 0.05) is 53.1 Å². The monoisotopic (exact) mass is 555 g/mol. The van der Waals surface area contributed by atoms with Crippen LogP contribution in [0.2, 0.25) is 0 Å². The number of nitrogens with zero attached hydrogens (tertiary/aromatic N) is 2. The summed E-state index contributed by atoms with van der Waals surface area (Å²) in [5.74, 6) is 5.84. The van der Waals surface area contributed by atoms with E-state index in [1.165, 1.54) is 0 Å². The Morgan fingerprint density at radius 1 is 0.667 bits per heavy atom. The molecule has 2 aliphatic rings. The van der Waals surface area contributed by atoms with Crippen molar-refractivity contribution in [1.29, 1.82) is 0 Å². The van der Waals surface area contributed by atoms with Crippen molar-refractivity contribution in [2.75, 3.05) is 31.6 Å². The van der Waals surface area contributed by atoms with E-state index in [0.717, 1.165) is 11.1 Å². The first-order chi connectivity index (χ1) is 20.5. The van der Waals surface area contributed by atoms with Gasteiger partial charge in [-0.25, -0.2) is 0 Å². The summed E-state index contributed by atoms with van der Waals surface area (Å²) >= 11 is 0. The van der Waals surface area contributed by atoms with Crippen LogP contribution in [-0.2, 0) is 4.74 Å². The molecule has 0 bridgehead atoms. The average Bonchev–Trinajstić information content (AvgIpc) is 3.49. The predicted molar refractivity (Wildman–Crippen MR) is 160 cm³/mol. The number of fused-ring (bicyclic) bond motifs is 1. The molecule has 0 saturated carbocycles. The van der Waals surface area contributed by atoms with Crippen molar-refractivity contribution in [3.8, 4) is 11.8 Å². The molecule has 2 fully saturated rings. The van der Waals surface area contributed by atoms with Gasteiger partial charge in [0.2, 0.25) is 0 Å². The third-order valence-electron chi connectivity index (χ3n) is 7.53. The molecule has 7 heteroatoms. The van der Waals surface area contributed by atoms with Crippen LogP contribution in [-0.4, -0.2) is 65.9 Å². The zero-order chi connectivity index (χ0) is 28.9. The van der Waals surface area contributed by atoms with Crippen molar-refractivity contribution >= 4 is 23.4 Å². The highest BCUT2D eigenvalue weighted by atomic mass is 16.5. The predicted octanol–water partition coefficient (Wildman–Crippen LogP) is 4.70. The van der Waals surface area contributed by atoms with E-state index in [2.05, 4.69) is 17.2 Å². The third-order valence-corrected chi connectivity index (χ3v) is 7.53. The molecule has 2 saturated heterocycles. The molecule has 0 spiro atoms. The number of benzene rings is 4. The van der Waals surface area contributed by atoms with Gasteiger partial charge in [-0.3, -0.25) is 14.4 Å². The lowest BCUT2D eigenvalue weighted by Gasteiger charge is -2.36. The van der Waals surface area contributed by atoms with Crippen LogP contribution < -0.4 is 5.32 Å². The van der Waals surface area contributed by atoms with Gasteiger partial charge in [0.15, 0.2) is 0 Å². The Kier molecular flexibility index (Phi) is 7.80. The first kappa shape index (κ1) is 27.0. The first-order valence-corrected chi connectivity index (χ1v) is 13.9. The van der Waals surface area contributed by atoms with Crippen molar-refractivity contribution in [3.05, 3.63) is 137 Å². The van der Waals surface area contributed by atoms with Gasteiger partial charge in [0.25, 0.3) is 17.7 Å². The Morgan fingerprint density at radius 2 is 1.26 bits per heavy atom. The quantitative estimate of drug-likeness (QED) is 0.370. The molecule has 0 radical (unpaired) electrons. The average molecular weight is 556 g/mol. The number of carbonyl (C=O) groups is 3. The molecule has 2 heterocycles. The summed E-state index contributed by atoms with van der Waals surface area (Å²) in [6, 6.07) is 32.7. The number of hydrogen-bond donors (Lipinski definition) is 1. The highest BCUT2D eigenvalue weighted by Gasteiger charge is 2.43.